The molecule has 0 aromatic heterocycles. The zero-order chi connectivity index (χ0) is 18.9. The third kappa shape index (κ3) is 5.32. The van der Waals surface area contributed by atoms with Gasteiger partial charge in [-0.1, -0.05) is 60.7 Å². The molecule has 0 fully saturated rings. The second kappa shape index (κ2) is 9.58. The van der Waals surface area contributed by atoms with E-state index in [1.165, 1.54) is 12.0 Å². The lowest BCUT2D eigenvalue weighted by molar-refractivity contribution is -0.144. The molecule has 6 nitrogen and oxygen atoms in total. The van der Waals surface area contributed by atoms with Gasteiger partial charge in [-0.2, -0.15) is 0 Å². The van der Waals surface area contributed by atoms with Crippen molar-refractivity contribution in [1.29, 1.82) is 0 Å². The Labute approximate surface area is 153 Å². The molecular weight excluding hydrogens is 332 g/mol. The fourth-order valence-electron chi connectivity index (χ4n) is 2.50. The van der Waals surface area contributed by atoms with Crippen molar-refractivity contribution in [2.24, 2.45) is 0 Å². The van der Waals surface area contributed by atoms with Gasteiger partial charge in [0, 0.05) is 14.1 Å². The highest BCUT2D eigenvalue weighted by atomic mass is 16.5. The minimum Gasteiger partial charge on any atom is -0.453 e. The van der Waals surface area contributed by atoms with E-state index in [0.29, 0.717) is 0 Å². The van der Waals surface area contributed by atoms with E-state index in [1.54, 1.807) is 14.1 Å². The summed E-state index contributed by atoms with van der Waals surface area (Å²) in [7, 11) is 4.59. The Morgan fingerprint density at radius 2 is 1.58 bits per heavy atom. The van der Waals surface area contributed by atoms with Crippen molar-refractivity contribution in [2.45, 2.75) is 18.8 Å². The van der Waals surface area contributed by atoms with Crippen LogP contribution in [0.25, 0.3) is 0 Å². The Balaban J connectivity index is 2.30. The van der Waals surface area contributed by atoms with Gasteiger partial charge in [-0.25, -0.2) is 4.79 Å². The number of alkyl carbamates (subject to hydrolysis) is 1. The van der Waals surface area contributed by atoms with Crippen LogP contribution in [-0.2, 0) is 20.9 Å². The summed E-state index contributed by atoms with van der Waals surface area (Å²) in [4.78, 5) is 26.1. The fraction of sp³-hybridized carbons (Fsp3) is 0.300. The number of amides is 2. The maximum atomic E-state index is 12.8. The average molecular weight is 356 g/mol. The topological polar surface area (TPSA) is 67.9 Å². The lowest BCUT2D eigenvalue weighted by atomic mass is 10.00. The molecule has 0 bridgehead atoms. The minimum absolute atomic E-state index is 0.244. The highest BCUT2D eigenvalue weighted by Crippen LogP contribution is 2.22. The van der Waals surface area contributed by atoms with Crippen molar-refractivity contribution in [2.75, 3.05) is 21.2 Å². The molecule has 0 spiro atoms. The lowest BCUT2D eigenvalue weighted by Gasteiger charge is -2.29. The zero-order valence-electron chi connectivity index (χ0n) is 15.2. The third-order valence-corrected chi connectivity index (χ3v) is 3.88. The number of nitrogens with zero attached hydrogens (tertiary/aromatic N) is 1. The van der Waals surface area contributed by atoms with Crippen molar-refractivity contribution in [3.63, 3.8) is 0 Å². The lowest BCUT2D eigenvalue weighted by Crippen LogP contribution is -2.46. The van der Waals surface area contributed by atoms with Crippen LogP contribution in [0.1, 0.15) is 17.2 Å². The van der Waals surface area contributed by atoms with Crippen molar-refractivity contribution < 1.29 is 19.1 Å². The molecule has 2 aromatic carbocycles. The Morgan fingerprint density at radius 1 is 1.00 bits per heavy atom. The molecule has 6 heteroatoms. The second-order valence-electron chi connectivity index (χ2n) is 5.97. The molecule has 2 atom stereocenters. The quantitative estimate of drug-likeness (QED) is 0.828. The van der Waals surface area contributed by atoms with Gasteiger partial charge in [0.25, 0.3) is 5.91 Å². The van der Waals surface area contributed by atoms with Gasteiger partial charge in [-0.15, -0.1) is 0 Å². The molecule has 2 rings (SSSR count). The second-order valence-corrected chi connectivity index (χ2v) is 5.97. The van der Waals surface area contributed by atoms with Gasteiger partial charge in [0.15, 0.2) is 6.10 Å². The van der Waals surface area contributed by atoms with Crippen LogP contribution in [0.15, 0.2) is 60.7 Å². The molecule has 0 saturated heterocycles. The van der Waals surface area contributed by atoms with Crippen LogP contribution in [-0.4, -0.2) is 44.2 Å². The Morgan fingerprint density at radius 3 is 2.12 bits per heavy atom. The van der Waals surface area contributed by atoms with Crippen LogP contribution < -0.4 is 5.32 Å². The van der Waals surface area contributed by atoms with Crippen LogP contribution in [0.5, 0.6) is 0 Å². The zero-order valence-corrected chi connectivity index (χ0v) is 15.2. The summed E-state index contributed by atoms with van der Waals surface area (Å²) in [5, 5.41) is 2.72. The molecule has 0 saturated carbocycles. The standard InChI is InChI=1S/C20H24N2O4/c1-22(2)19(23)18(26-14-15-10-6-4-7-11-15)17(21-20(24)25-3)16-12-8-5-9-13-16/h4-13,17-18H,14H2,1-3H3,(H,21,24)/t17-,18-/m0/s1. The molecule has 0 aliphatic heterocycles. The van der Waals surface area contributed by atoms with Crippen molar-refractivity contribution in [3.8, 4) is 0 Å². The number of carbonyl (C=O) groups is 2. The molecule has 0 radical (unpaired) electrons. The molecule has 2 aromatic rings. The summed E-state index contributed by atoms with van der Waals surface area (Å²) in [6.07, 6.45) is -1.52. The third-order valence-electron chi connectivity index (χ3n) is 3.88. The predicted octanol–water partition coefficient (Wildman–Crippen LogP) is 2.76. The molecule has 0 heterocycles. The first-order valence-corrected chi connectivity index (χ1v) is 8.29. The average Bonchev–Trinajstić information content (AvgIpc) is 2.68. The maximum Gasteiger partial charge on any atom is 0.407 e. The largest absolute Gasteiger partial charge is 0.453 e. The normalized spacial score (nSPS) is 12.7. The maximum absolute atomic E-state index is 12.8. The summed E-state index contributed by atoms with van der Waals surface area (Å²) in [6, 6.07) is 18.1. The molecule has 1 N–H and O–H groups in total. The molecule has 2 amide bonds. The van der Waals surface area contributed by atoms with E-state index in [2.05, 4.69) is 5.32 Å². The van der Waals surface area contributed by atoms with E-state index in [-0.39, 0.29) is 12.5 Å². The molecule has 0 aliphatic rings. The summed E-state index contributed by atoms with van der Waals surface area (Å²) >= 11 is 0. The van der Waals surface area contributed by atoms with Gasteiger partial charge < -0.3 is 19.7 Å². The van der Waals surface area contributed by atoms with E-state index >= 15 is 0 Å². The predicted molar refractivity (Wildman–Crippen MR) is 98.4 cm³/mol. The number of nitrogens with one attached hydrogen (secondary N) is 1. The van der Waals surface area contributed by atoms with Crippen LogP contribution in [0.2, 0.25) is 0 Å². The Kier molecular flexibility index (Phi) is 7.17. The van der Waals surface area contributed by atoms with Gasteiger partial charge in [0.1, 0.15) is 0 Å². The monoisotopic (exact) mass is 356 g/mol. The SMILES string of the molecule is COC(=O)N[C@@H](c1ccccc1)[C@H](OCc1ccccc1)C(=O)N(C)C. The van der Waals surface area contributed by atoms with Gasteiger partial charge in [-0.3, -0.25) is 4.79 Å². The smallest absolute Gasteiger partial charge is 0.407 e. The number of benzene rings is 2. The first kappa shape index (κ1) is 19.5. The van der Waals surface area contributed by atoms with E-state index in [9.17, 15) is 9.59 Å². The number of hydrogen-bond donors (Lipinski definition) is 1. The first-order chi connectivity index (χ1) is 12.5. The molecular formula is C20H24N2O4. The van der Waals surface area contributed by atoms with Crippen LogP contribution in [0, 0.1) is 0 Å². The molecule has 26 heavy (non-hydrogen) atoms. The van der Waals surface area contributed by atoms with Crippen LogP contribution in [0.3, 0.4) is 0 Å². The number of ether oxygens (including phenoxy) is 2. The van der Waals surface area contributed by atoms with Gasteiger partial charge in [0.2, 0.25) is 0 Å². The summed E-state index contributed by atoms with van der Waals surface area (Å²) in [5.41, 5.74) is 1.69. The molecule has 0 aliphatic carbocycles. The number of methoxy groups -OCH3 is 1. The first-order valence-electron chi connectivity index (χ1n) is 8.29. The Hall–Kier alpha value is -2.86. The fourth-order valence-corrected chi connectivity index (χ4v) is 2.50. The van der Waals surface area contributed by atoms with Crippen molar-refractivity contribution >= 4 is 12.0 Å². The summed E-state index contributed by atoms with van der Waals surface area (Å²) < 4.78 is 10.7. The minimum atomic E-state index is -0.897. The number of carbonyl (C=O) groups excluding carboxylic acids is 2. The van der Waals surface area contributed by atoms with E-state index in [1.807, 2.05) is 60.7 Å². The number of likely N-dealkylation sites (N-methyl/N-ethyl adjacent to an activating group) is 1. The van der Waals surface area contributed by atoms with E-state index < -0.39 is 18.2 Å². The number of hydrogen-bond acceptors (Lipinski definition) is 4. The molecule has 138 valence electrons. The molecule has 0 unspecified atom stereocenters. The van der Waals surface area contributed by atoms with E-state index in [4.69, 9.17) is 9.47 Å². The Bertz CT molecular complexity index is 704. The summed E-state index contributed by atoms with van der Waals surface area (Å²) in [6.45, 7) is 0.247. The summed E-state index contributed by atoms with van der Waals surface area (Å²) in [5.74, 6) is -0.244. The van der Waals surface area contributed by atoms with Gasteiger partial charge in [0.05, 0.1) is 19.8 Å². The van der Waals surface area contributed by atoms with E-state index in [0.717, 1.165) is 11.1 Å². The van der Waals surface area contributed by atoms with Gasteiger partial charge in [-0.05, 0) is 11.1 Å². The highest BCUT2D eigenvalue weighted by Gasteiger charge is 2.33. The van der Waals surface area contributed by atoms with Gasteiger partial charge >= 0.3 is 6.09 Å². The van der Waals surface area contributed by atoms with Crippen LogP contribution in [0.4, 0.5) is 4.79 Å². The highest BCUT2D eigenvalue weighted by molar-refractivity contribution is 5.82. The van der Waals surface area contributed by atoms with Crippen LogP contribution >= 0.6 is 0 Å². The number of rotatable bonds is 7. The van der Waals surface area contributed by atoms with Crippen molar-refractivity contribution in [3.05, 3.63) is 71.8 Å². The van der Waals surface area contributed by atoms with Crippen molar-refractivity contribution in [1.82, 2.24) is 10.2 Å².